The summed E-state index contributed by atoms with van der Waals surface area (Å²) in [5.74, 6) is -1.67. The molecule has 138 valence electrons. The third-order valence-electron chi connectivity index (χ3n) is 3.31. The van der Waals surface area contributed by atoms with Gasteiger partial charge in [0.05, 0.1) is 9.78 Å². The van der Waals surface area contributed by atoms with Crippen LogP contribution in [0.1, 0.15) is 15.2 Å². The SMILES string of the molecule is O=C(O)COc1ccccc1C=C1SC(=S)N(NC(=O)c2cccs2)C1=O. The fraction of sp³-hybridized carbons (Fsp3) is 0.0588. The third-order valence-corrected chi connectivity index (χ3v) is 5.48. The number of carbonyl (C=O) groups is 3. The number of hydrazine groups is 1. The van der Waals surface area contributed by atoms with Crippen molar-refractivity contribution in [2.24, 2.45) is 0 Å². The molecular weight excluding hydrogens is 408 g/mol. The number of carboxylic acids is 1. The number of carboxylic acid groups (broad SMARTS) is 1. The summed E-state index contributed by atoms with van der Waals surface area (Å²) in [6, 6.07) is 10.1. The summed E-state index contributed by atoms with van der Waals surface area (Å²) in [5, 5.41) is 11.5. The topological polar surface area (TPSA) is 95.9 Å². The average Bonchev–Trinajstić information content (AvgIpc) is 3.26. The van der Waals surface area contributed by atoms with Crippen molar-refractivity contribution in [3.63, 3.8) is 0 Å². The van der Waals surface area contributed by atoms with Gasteiger partial charge < -0.3 is 9.84 Å². The molecule has 2 heterocycles. The van der Waals surface area contributed by atoms with Crippen molar-refractivity contribution in [3.8, 4) is 5.75 Å². The number of hydrogen-bond donors (Lipinski definition) is 2. The Balaban J connectivity index is 1.78. The number of rotatable bonds is 6. The maximum atomic E-state index is 12.6. The normalized spacial score (nSPS) is 15.3. The van der Waals surface area contributed by atoms with Crippen LogP contribution in [0, 0.1) is 0 Å². The van der Waals surface area contributed by atoms with Crippen LogP contribution in [0.25, 0.3) is 6.08 Å². The highest BCUT2D eigenvalue weighted by Gasteiger charge is 2.34. The van der Waals surface area contributed by atoms with Crippen molar-refractivity contribution >= 4 is 63.5 Å². The number of benzene rings is 1. The highest BCUT2D eigenvalue weighted by atomic mass is 32.2. The van der Waals surface area contributed by atoms with Gasteiger partial charge in [-0.1, -0.05) is 36.0 Å². The van der Waals surface area contributed by atoms with Crippen molar-refractivity contribution in [2.45, 2.75) is 0 Å². The molecule has 1 aliphatic rings. The standard InChI is InChI=1S/C17H12N2O5S3/c20-14(21)9-24-11-5-2-1-4-10(11)8-13-16(23)19(17(25)27-13)18-15(22)12-6-3-7-26-12/h1-8H,9H2,(H,18,22)(H,20,21). The number of nitrogens with one attached hydrogen (secondary N) is 1. The molecule has 0 atom stereocenters. The number of ether oxygens (including phenoxy) is 1. The average molecular weight is 420 g/mol. The van der Waals surface area contributed by atoms with E-state index in [1.165, 1.54) is 11.3 Å². The van der Waals surface area contributed by atoms with E-state index in [0.717, 1.165) is 16.8 Å². The second-order valence-corrected chi connectivity index (χ2v) is 7.78. The Morgan fingerprint density at radius 2 is 2.04 bits per heavy atom. The summed E-state index contributed by atoms with van der Waals surface area (Å²) in [6.07, 6.45) is 1.55. The number of thiophene rings is 1. The first kappa shape index (κ1) is 19.1. The monoisotopic (exact) mass is 420 g/mol. The zero-order chi connectivity index (χ0) is 19.4. The van der Waals surface area contributed by atoms with Crippen LogP contribution in [0.2, 0.25) is 0 Å². The van der Waals surface area contributed by atoms with Crippen LogP contribution in [0.5, 0.6) is 5.75 Å². The van der Waals surface area contributed by atoms with Crippen molar-refractivity contribution in [3.05, 3.63) is 57.1 Å². The van der Waals surface area contributed by atoms with Crippen LogP contribution in [0.4, 0.5) is 0 Å². The number of aliphatic carboxylic acids is 1. The number of carbonyl (C=O) groups excluding carboxylic acids is 2. The molecule has 0 bridgehead atoms. The Kier molecular flexibility index (Phi) is 5.89. The molecule has 0 aliphatic carbocycles. The summed E-state index contributed by atoms with van der Waals surface area (Å²) in [6.45, 7) is -0.497. The molecule has 2 N–H and O–H groups in total. The minimum Gasteiger partial charge on any atom is -0.481 e. The van der Waals surface area contributed by atoms with E-state index in [9.17, 15) is 14.4 Å². The first-order valence-electron chi connectivity index (χ1n) is 7.52. The van der Waals surface area contributed by atoms with E-state index in [1.807, 2.05) is 0 Å². The van der Waals surface area contributed by atoms with Crippen molar-refractivity contribution < 1.29 is 24.2 Å². The summed E-state index contributed by atoms with van der Waals surface area (Å²) < 4.78 is 5.43. The van der Waals surface area contributed by atoms with E-state index in [4.69, 9.17) is 22.1 Å². The third kappa shape index (κ3) is 4.54. The van der Waals surface area contributed by atoms with Gasteiger partial charge in [-0.3, -0.25) is 15.0 Å². The zero-order valence-electron chi connectivity index (χ0n) is 13.6. The second-order valence-electron chi connectivity index (χ2n) is 5.16. The van der Waals surface area contributed by atoms with Gasteiger partial charge >= 0.3 is 5.97 Å². The second kappa shape index (κ2) is 8.33. The minimum absolute atomic E-state index is 0.195. The lowest BCUT2D eigenvalue weighted by Crippen LogP contribution is -2.44. The number of thioether (sulfide) groups is 1. The minimum atomic E-state index is -1.10. The van der Waals surface area contributed by atoms with Gasteiger partial charge in [0.1, 0.15) is 5.75 Å². The van der Waals surface area contributed by atoms with Crippen LogP contribution < -0.4 is 10.2 Å². The summed E-state index contributed by atoms with van der Waals surface area (Å²) in [7, 11) is 0. The predicted molar refractivity (Wildman–Crippen MR) is 106 cm³/mol. The van der Waals surface area contributed by atoms with Gasteiger partial charge in [-0.05, 0) is 35.8 Å². The van der Waals surface area contributed by atoms with E-state index in [0.29, 0.717) is 16.2 Å². The molecule has 27 heavy (non-hydrogen) atoms. The first-order chi connectivity index (χ1) is 13.0. The molecular formula is C17H12N2O5S3. The highest BCUT2D eigenvalue weighted by molar-refractivity contribution is 8.26. The lowest BCUT2D eigenvalue weighted by Gasteiger charge is -2.14. The lowest BCUT2D eigenvalue weighted by molar-refractivity contribution is -0.139. The summed E-state index contributed by atoms with van der Waals surface area (Å²) in [5.41, 5.74) is 3.03. The van der Waals surface area contributed by atoms with E-state index in [-0.39, 0.29) is 9.23 Å². The maximum absolute atomic E-state index is 12.6. The molecule has 1 aromatic carbocycles. The Hall–Kier alpha value is -2.69. The van der Waals surface area contributed by atoms with E-state index < -0.39 is 24.4 Å². The Bertz CT molecular complexity index is 940. The van der Waals surface area contributed by atoms with Gasteiger partial charge in [0.25, 0.3) is 11.8 Å². The Morgan fingerprint density at radius 1 is 1.26 bits per heavy atom. The quantitative estimate of drug-likeness (QED) is 0.548. The van der Waals surface area contributed by atoms with Gasteiger partial charge in [0, 0.05) is 5.56 Å². The lowest BCUT2D eigenvalue weighted by atomic mass is 10.2. The summed E-state index contributed by atoms with van der Waals surface area (Å²) in [4.78, 5) is 36.2. The Labute approximate surface area is 167 Å². The molecule has 2 amide bonds. The smallest absolute Gasteiger partial charge is 0.341 e. The molecule has 0 unspecified atom stereocenters. The van der Waals surface area contributed by atoms with Gasteiger partial charge in [0.2, 0.25) is 0 Å². The molecule has 1 saturated heterocycles. The molecule has 1 aliphatic heterocycles. The molecule has 2 aromatic rings. The fourth-order valence-electron chi connectivity index (χ4n) is 2.14. The fourth-order valence-corrected chi connectivity index (χ4v) is 3.92. The van der Waals surface area contributed by atoms with Crippen LogP contribution in [0.15, 0.2) is 46.7 Å². The number of para-hydroxylation sites is 1. The first-order valence-corrected chi connectivity index (χ1v) is 9.62. The highest BCUT2D eigenvalue weighted by Crippen LogP contribution is 2.33. The molecule has 10 heteroatoms. The number of nitrogens with zero attached hydrogens (tertiary/aromatic N) is 1. The number of amides is 2. The maximum Gasteiger partial charge on any atom is 0.341 e. The molecule has 0 spiro atoms. The molecule has 0 radical (unpaired) electrons. The van der Waals surface area contributed by atoms with Crippen molar-refractivity contribution in [1.29, 1.82) is 0 Å². The van der Waals surface area contributed by atoms with Gasteiger partial charge in [-0.25, -0.2) is 4.79 Å². The van der Waals surface area contributed by atoms with Gasteiger partial charge in [-0.2, -0.15) is 5.01 Å². The number of thiocarbonyl (C=S) groups is 1. The molecule has 1 aromatic heterocycles. The largest absolute Gasteiger partial charge is 0.481 e. The predicted octanol–water partition coefficient (Wildman–Crippen LogP) is 2.76. The van der Waals surface area contributed by atoms with Crippen LogP contribution in [-0.4, -0.2) is 38.8 Å². The van der Waals surface area contributed by atoms with E-state index in [1.54, 1.807) is 47.9 Å². The zero-order valence-corrected chi connectivity index (χ0v) is 16.0. The number of hydrogen-bond acceptors (Lipinski definition) is 7. The van der Waals surface area contributed by atoms with Gasteiger partial charge in [-0.15, -0.1) is 11.3 Å². The molecule has 1 fully saturated rings. The Morgan fingerprint density at radius 3 is 2.74 bits per heavy atom. The van der Waals surface area contributed by atoms with Crippen molar-refractivity contribution in [2.75, 3.05) is 6.61 Å². The van der Waals surface area contributed by atoms with Crippen LogP contribution in [-0.2, 0) is 9.59 Å². The molecule has 3 rings (SSSR count). The van der Waals surface area contributed by atoms with Crippen LogP contribution >= 0.6 is 35.3 Å². The van der Waals surface area contributed by atoms with Crippen molar-refractivity contribution in [1.82, 2.24) is 10.4 Å². The van der Waals surface area contributed by atoms with Gasteiger partial charge in [0.15, 0.2) is 10.9 Å². The van der Waals surface area contributed by atoms with E-state index in [2.05, 4.69) is 5.43 Å². The van der Waals surface area contributed by atoms with E-state index >= 15 is 0 Å². The summed E-state index contributed by atoms with van der Waals surface area (Å²) >= 11 is 7.47. The molecule has 0 saturated carbocycles. The van der Waals surface area contributed by atoms with Crippen LogP contribution in [0.3, 0.4) is 0 Å². The molecule has 7 nitrogen and oxygen atoms in total.